The molecule has 0 spiro atoms. The molecule has 3 saturated heterocycles. The Morgan fingerprint density at radius 2 is 1.61 bits per heavy atom. The Hall–Kier alpha value is -2.03. The van der Waals surface area contributed by atoms with Crippen molar-refractivity contribution in [3.05, 3.63) is 35.6 Å². The minimum absolute atomic E-state index is 0.00563. The number of carbonyl (C=O) groups excluding carboxylic acids is 2. The molecule has 0 aromatic heterocycles. The Morgan fingerprint density at radius 3 is 2.29 bits per heavy atom. The average molecular weight is 389 g/mol. The minimum Gasteiger partial charge on any atom is -0.342 e. The summed E-state index contributed by atoms with van der Waals surface area (Å²) in [7, 11) is 0. The maximum absolute atomic E-state index is 13.1. The van der Waals surface area contributed by atoms with Crippen molar-refractivity contribution < 1.29 is 14.0 Å². The fraction of sp³-hybridized carbons (Fsp3) is 0.600. The molecule has 152 valence electrons. The number of benzene rings is 1. The summed E-state index contributed by atoms with van der Waals surface area (Å²) in [4.78, 5) is 31.1. The average Bonchev–Trinajstić information content (AvgIpc) is 3.41. The van der Waals surface area contributed by atoms with E-state index in [-0.39, 0.29) is 29.7 Å². The number of rotatable bonds is 4. The largest absolute Gasteiger partial charge is 0.342 e. The number of amides is 2. The first-order valence-electron chi connectivity index (χ1n) is 10.2. The molecule has 2 N–H and O–H groups in total. The summed E-state index contributed by atoms with van der Waals surface area (Å²) in [5, 5.41) is 0. The molecule has 3 fully saturated rings. The van der Waals surface area contributed by atoms with Crippen LogP contribution < -0.4 is 10.9 Å². The van der Waals surface area contributed by atoms with Crippen LogP contribution in [0.3, 0.4) is 0 Å². The third-order valence-electron chi connectivity index (χ3n) is 5.98. The van der Waals surface area contributed by atoms with E-state index in [2.05, 4.69) is 15.8 Å². The SMILES string of the molecule is O=C(CN1CCN(C(=O)C2CC(c3ccc(F)cc3)NN2)CC1)N1CCCC1. The Kier molecular flexibility index (Phi) is 5.89. The first kappa shape index (κ1) is 19.3. The molecule has 4 rings (SSSR count). The molecule has 0 aliphatic carbocycles. The Labute approximate surface area is 164 Å². The van der Waals surface area contributed by atoms with Crippen LogP contribution in [0.25, 0.3) is 0 Å². The number of hydrazine groups is 1. The van der Waals surface area contributed by atoms with Gasteiger partial charge in [0.1, 0.15) is 11.9 Å². The van der Waals surface area contributed by atoms with Crippen molar-refractivity contribution in [3.8, 4) is 0 Å². The van der Waals surface area contributed by atoms with Crippen LogP contribution >= 0.6 is 0 Å². The minimum atomic E-state index is -0.284. The van der Waals surface area contributed by atoms with Crippen molar-refractivity contribution in [3.63, 3.8) is 0 Å². The van der Waals surface area contributed by atoms with Crippen LogP contribution in [0.15, 0.2) is 24.3 Å². The van der Waals surface area contributed by atoms with Gasteiger partial charge in [0, 0.05) is 45.3 Å². The van der Waals surface area contributed by atoms with Crippen LogP contribution in [-0.4, -0.2) is 78.4 Å². The quantitative estimate of drug-likeness (QED) is 0.785. The van der Waals surface area contributed by atoms with Crippen LogP contribution in [0.5, 0.6) is 0 Å². The summed E-state index contributed by atoms with van der Waals surface area (Å²) in [6.07, 6.45) is 2.85. The molecule has 0 radical (unpaired) electrons. The van der Waals surface area contributed by atoms with Crippen molar-refractivity contribution in [1.82, 2.24) is 25.6 Å². The lowest BCUT2D eigenvalue weighted by molar-refractivity contribution is -0.136. The number of carbonyl (C=O) groups is 2. The van der Waals surface area contributed by atoms with E-state index in [0.717, 1.165) is 44.6 Å². The molecule has 2 atom stereocenters. The molecule has 2 amide bonds. The van der Waals surface area contributed by atoms with Gasteiger partial charge in [0.05, 0.1) is 6.54 Å². The van der Waals surface area contributed by atoms with Crippen LogP contribution in [0.4, 0.5) is 4.39 Å². The predicted molar refractivity (Wildman–Crippen MR) is 103 cm³/mol. The highest BCUT2D eigenvalue weighted by Gasteiger charge is 2.34. The van der Waals surface area contributed by atoms with Gasteiger partial charge in [-0.3, -0.25) is 14.5 Å². The maximum atomic E-state index is 13.1. The smallest absolute Gasteiger partial charge is 0.241 e. The summed E-state index contributed by atoms with van der Waals surface area (Å²) >= 11 is 0. The lowest BCUT2D eigenvalue weighted by atomic mass is 10.0. The highest BCUT2D eigenvalue weighted by atomic mass is 19.1. The molecule has 0 saturated carbocycles. The third-order valence-corrected chi connectivity index (χ3v) is 5.98. The molecule has 7 nitrogen and oxygen atoms in total. The molecule has 1 aromatic rings. The van der Waals surface area contributed by atoms with Gasteiger partial charge >= 0.3 is 0 Å². The Balaban J connectivity index is 1.24. The topological polar surface area (TPSA) is 67.9 Å². The van der Waals surface area contributed by atoms with Gasteiger partial charge in [0.2, 0.25) is 11.8 Å². The van der Waals surface area contributed by atoms with Crippen molar-refractivity contribution in [2.45, 2.75) is 31.3 Å². The second kappa shape index (κ2) is 8.55. The Morgan fingerprint density at radius 1 is 0.929 bits per heavy atom. The van der Waals surface area contributed by atoms with Gasteiger partial charge in [0.15, 0.2) is 0 Å². The first-order valence-corrected chi connectivity index (χ1v) is 10.2. The van der Waals surface area contributed by atoms with Crippen molar-refractivity contribution in [2.24, 2.45) is 0 Å². The maximum Gasteiger partial charge on any atom is 0.241 e. The second-order valence-corrected chi connectivity index (χ2v) is 7.87. The molecule has 0 bridgehead atoms. The lowest BCUT2D eigenvalue weighted by Crippen LogP contribution is -2.55. The number of nitrogens with zero attached hydrogens (tertiary/aromatic N) is 3. The zero-order valence-electron chi connectivity index (χ0n) is 16.1. The summed E-state index contributed by atoms with van der Waals surface area (Å²) in [5.41, 5.74) is 7.20. The van der Waals surface area contributed by atoms with E-state index >= 15 is 0 Å². The standard InChI is InChI=1S/C20H28FN5O2/c21-16-5-3-15(4-6-16)17-13-18(23-22-17)20(28)26-11-9-24(10-12-26)14-19(27)25-7-1-2-8-25/h3-6,17-18,22-23H,1-2,7-14H2. The predicted octanol–water partition coefficient (Wildman–Crippen LogP) is 0.500. The van der Waals surface area contributed by atoms with Crippen molar-refractivity contribution in [2.75, 3.05) is 45.8 Å². The van der Waals surface area contributed by atoms with E-state index in [9.17, 15) is 14.0 Å². The van der Waals surface area contributed by atoms with Crippen LogP contribution in [0, 0.1) is 5.82 Å². The fourth-order valence-corrected chi connectivity index (χ4v) is 4.24. The lowest BCUT2D eigenvalue weighted by Gasteiger charge is -2.36. The van der Waals surface area contributed by atoms with E-state index in [4.69, 9.17) is 0 Å². The van der Waals surface area contributed by atoms with Gasteiger partial charge in [-0.2, -0.15) is 0 Å². The van der Waals surface area contributed by atoms with Crippen molar-refractivity contribution in [1.29, 1.82) is 0 Å². The molecule has 8 heteroatoms. The molecule has 28 heavy (non-hydrogen) atoms. The van der Waals surface area contributed by atoms with Gasteiger partial charge in [-0.25, -0.2) is 15.2 Å². The van der Waals surface area contributed by atoms with E-state index in [1.807, 2.05) is 9.80 Å². The zero-order valence-corrected chi connectivity index (χ0v) is 16.1. The number of nitrogens with one attached hydrogen (secondary N) is 2. The van der Waals surface area contributed by atoms with E-state index in [1.54, 1.807) is 12.1 Å². The van der Waals surface area contributed by atoms with Crippen LogP contribution in [-0.2, 0) is 9.59 Å². The highest BCUT2D eigenvalue weighted by molar-refractivity contribution is 5.82. The fourth-order valence-electron chi connectivity index (χ4n) is 4.24. The molecule has 3 aliphatic heterocycles. The number of piperazine rings is 1. The molecule has 3 aliphatic rings. The molecule has 3 heterocycles. The molecular weight excluding hydrogens is 361 g/mol. The number of hydrogen-bond donors (Lipinski definition) is 2. The zero-order chi connectivity index (χ0) is 19.5. The number of hydrogen-bond acceptors (Lipinski definition) is 5. The van der Waals surface area contributed by atoms with E-state index < -0.39 is 0 Å². The van der Waals surface area contributed by atoms with Gasteiger partial charge in [0.25, 0.3) is 0 Å². The molecular formula is C20H28FN5O2. The summed E-state index contributed by atoms with van der Waals surface area (Å²) in [6.45, 7) is 4.97. The van der Waals surface area contributed by atoms with Crippen LogP contribution in [0.2, 0.25) is 0 Å². The summed E-state index contributed by atoms with van der Waals surface area (Å²) in [6, 6.07) is 6.08. The van der Waals surface area contributed by atoms with Gasteiger partial charge in [-0.1, -0.05) is 12.1 Å². The van der Waals surface area contributed by atoms with E-state index in [1.165, 1.54) is 12.1 Å². The Bertz CT molecular complexity index is 699. The third kappa shape index (κ3) is 4.34. The number of halogens is 1. The normalized spacial score (nSPS) is 26.0. The number of likely N-dealkylation sites (tertiary alicyclic amines) is 1. The highest BCUT2D eigenvalue weighted by Crippen LogP contribution is 2.23. The monoisotopic (exact) mass is 389 g/mol. The van der Waals surface area contributed by atoms with E-state index in [0.29, 0.717) is 26.1 Å². The first-order chi connectivity index (χ1) is 13.6. The van der Waals surface area contributed by atoms with Crippen LogP contribution in [0.1, 0.15) is 30.9 Å². The second-order valence-electron chi connectivity index (χ2n) is 7.87. The summed E-state index contributed by atoms with van der Waals surface area (Å²) < 4.78 is 13.1. The summed E-state index contributed by atoms with van der Waals surface area (Å²) in [5.74, 6) is 0.0344. The molecule has 1 aromatic carbocycles. The van der Waals surface area contributed by atoms with Gasteiger partial charge in [-0.05, 0) is 37.0 Å². The van der Waals surface area contributed by atoms with Crippen molar-refractivity contribution >= 4 is 11.8 Å². The molecule has 2 unspecified atom stereocenters. The van der Waals surface area contributed by atoms with Gasteiger partial charge in [-0.15, -0.1) is 0 Å². The van der Waals surface area contributed by atoms with Gasteiger partial charge < -0.3 is 9.80 Å².